The first-order chi connectivity index (χ1) is 14.5. The largest absolute Gasteiger partial charge is 0.439 e. The standard InChI is InChI=1S/C20H24FN3O6/c1-2-3-4-15(18(26)19-22-14-6-5-13(21)11-16(14)30-19)23-20(27)29-12-17(25)24-7-9-28-10-8-24/h5-6,11,15H,2-4,7-10,12H2,1H3,(H,23,27)/t15-/m0/s1. The van der Waals surface area contributed by atoms with E-state index < -0.39 is 30.3 Å². The molecule has 2 heterocycles. The van der Waals surface area contributed by atoms with Gasteiger partial charge in [-0.1, -0.05) is 19.8 Å². The third kappa shape index (κ3) is 5.53. The molecule has 0 radical (unpaired) electrons. The topological polar surface area (TPSA) is 111 Å². The molecule has 0 bridgehead atoms. The number of oxazole rings is 1. The molecule has 2 aromatic rings. The number of hydrogen-bond donors (Lipinski definition) is 1. The Morgan fingerprint density at radius 2 is 2.07 bits per heavy atom. The number of nitrogens with zero attached hydrogens (tertiary/aromatic N) is 2. The number of hydrogen-bond acceptors (Lipinski definition) is 7. The van der Waals surface area contributed by atoms with Gasteiger partial charge < -0.3 is 24.1 Å². The number of amides is 2. The van der Waals surface area contributed by atoms with Crippen molar-refractivity contribution in [3.05, 3.63) is 29.9 Å². The van der Waals surface area contributed by atoms with Crippen LogP contribution in [0.1, 0.15) is 36.9 Å². The molecule has 1 aromatic heterocycles. The minimum Gasteiger partial charge on any atom is -0.439 e. The third-order valence-corrected chi connectivity index (χ3v) is 4.71. The Balaban J connectivity index is 1.61. The number of unbranched alkanes of at least 4 members (excludes halogenated alkanes) is 1. The van der Waals surface area contributed by atoms with E-state index in [1.165, 1.54) is 12.1 Å². The summed E-state index contributed by atoms with van der Waals surface area (Å²) in [5, 5.41) is 2.48. The van der Waals surface area contributed by atoms with Crippen LogP contribution in [-0.4, -0.2) is 66.6 Å². The molecule has 9 nitrogen and oxygen atoms in total. The molecule has 2 amide bonds. The van der Waals surface area contributed by atoms with Crippen LogP contribution in [0.2, 0.25) is 0 Å². The van der Waals surface area contributed by atoms with Crippen LogP contribution in [0.15, 0.2) is 22.6 Å². The maximum Gasteiger partial charge on any atom is 0.408 e. The monoisotopic (exact) mass is 421 g/mol. The Labute approximate surface area is 172 Å². The molecule has 0 saturated carbocycles. The van der Waals surface area contributed by atoms with Crippen LogP contribution in [0.3, 0.4) is 0 Å². The van der Waals surface area contributed by atoms with E-state index in [2.05, 4.69) is 10.3 Å². The minimum absolute atomic E-state index is 0.145. The molecule has 3 rings (SSSR count). The number of nitrogens with one attached hydrogen (secondary N) is 1. The number of morpholine rings is 1. The zero-order chi connectivity index (χ0) is 21.5. The number of alkyl carbamates (subject to hydrolysis) is 1. The lowest BCUT2D eigenvalue weighted by atomic mass is 10.1. The summed E-state index contributed by atoms with van der Waals surface area (Å²) < 4.78 is 28.9. The van der Waals surface area contributed by atoms with Crippen molar-refractivity contribution in [2.45, 2.75) is 32.2 Å². The quantitative estimate of drug-likeness (QED) is 0.651. The van der Waals surface area contributed by atoms with Crippen molar-refractivity contribution in [3.63, 3.8) is 0 Å². The fourth-order valence-corrected chi connectivity index (χ4v) is 3.05. The number of aromatic nitrogens is 1. The van der Waals surface area contributed by atoms with Gasteiger partial charge in [0.1, 0.15) is 17.4 Å². The molecule has 1 atom stereocenters. The van der Waals surface area contributed by atoms with Crippen LogP contribution in [0.25, 0.3) is 11.1 Å². The normalized spacial score (nSPS) is 15.1. The van der Waals surface area contributed by atoms with E-state index in [9.17, 15) is 18.8 Å². The number of benzene rings is 1. The van der Waals surface area contributed by atoms with Gasteiger partial charge in [-0.3, -0.25) is 9.59 Å². The lowest BCUT2D eigenvalue weighted by Crippen LogP contribution is -2.45. The summed E-state index contributed by atoms with van der Waals surface area (Å²) in [6, 6.07) is 2.83. The molecule has 30 heavy (non-hydrogen) atoms. The first kappa shape index (κ1) is 21.7. The van der Waals surface area contributed by atoms with Gasteiger partial charge in [-0.25, -0.2) is 14.2 Å². The first-order valence-electron chi connectivity index (χ1n) is 9.87. The fourth-order valence-electron chi connectivity index (χ4n) is 3.05. The third-order valence-electron chi connectivity index (χ3n) is 4.71. The molecule has 1 aliphatic heterocycles. The van der Waals surface area contributed by atoms with Gasteiger partial charge in [-0.2, -0.15) is 0 Å². The number of ether oxygens (including phenoxy) is 2. The van der Waals surface area contributed by atoms with Gasteiger partial charge in [0.25, 0.3) is 11.8 Å². The average molecular weight is 421 g/mol. The highest BCUT2D eigenvalue weighted by atomic mass is 19.1. The molecule has 1 aliphatic rings. The molecule has 1 saturated heterocycles. The van der Waals surface area contributed by atoms with Gasteiger partial charge in [0.2, 0.25) is 5.78 Å². The van der Waals surface area contributed by atoms with Gasteiger partial charge in [-0.15, -0.1) is 0 Å². The second kappa shape index (κ2) is 10.1. The van der Waals surface area contributed by atoms with E-state index >= 15 is 0 Å². The van der Waals surface area contributed by atoms with Crippen molar-refractivity contribution in [2.75, 3.05) is 32.9 Å². The van der Waals surface area contributed by atoms with Crippen molar-refractivity contribution >= 4 is 28.9 Å². The van der Waals surface area contributed by atoms with E-state index in [0.29, 0.717) is 44.7 Å². The Morgan fingerprint density at radius 1 is 1.30 bits per heavy atom. The van der Waals surface area contributed by atoms with E-state index in [1.54, 1.807) is 4.90 Å². The summed E-state index contributed by atoms with van der Waals surface area (Å²) in [5.41, 5.74) is 0.485. The number of rotatable bonds is 8. The summed E-state index contributed by atoms with van der Waals surface area (Å²) in [4.78, 5) is 42.7. The van der Waals surface area contributed by atoms with E-state index in [1.807, 2.05) is 6.92 Å². The summed E-state index contributed by atoms with van der Waals surface area (Å²) in [6.07, 6.45) is 0.926. The van der Waals surface area contributed by atoms with Gasteiger partial charge in [0, 0.05) is 19.2 Å². The zero-order valence-corrected chi connectivity index (χ0v) is 16.7. The minimum atomic E-state index is -0.936. The molecule has 0 aliphatic carbocycles. The zero-order valence-electron chi connectivity index (χ0n) is 16.7. The molecule has 1 N–H and O–H groups in total. The highest BCUT2D eigenvalue weighted by Crippen LogP contribution is 2.19. The van der Waals surface area contributed by atoms with Gasteiger partial charge in [0.15, 0.2) is 12.2 Å². The number of ketones is 1. The van der Waals surface area contributed by atoms with Crippen molar-refractivity contribution < 1.29 is 32.7 Å². The molecule has 162 valence electrons. The van der Waals surface area contributed by atoms with Crippen LogP contribution in [0.4, 0.5) is 9.18 Å². The second-order valence-electron chi connectivity index (χ2n) is 6.90. The Bertz CT molecular complexity index is 909. The van der Waals surface area contributed by atoms with Crippen molar-refractivity contribution in [2.24, 2.45) is 0 Å². The van der Waals surface area contributed by atoms with Crippen molar-refractivity contribution in [1.82, 2.24) is 15.2 Å². The number of halogens is 1. The van der Waals surface area contributed by atoms with Crippen LogP contribution >= 0.6 is 0 Å². The Hall–Kier alpha value is -3.01. The maximum absolute atomic E-state index is 13.3. The molecular weight excluding hydrogens is 397 g/mol. The van der Waals surface area contributed by atoms with Crippen LogP contribution in [0.5, 0.6) is 0 Å². The van der Waals surface area contributed by atoms with E-state index in [-0.39, 0.29) is 17.4 Å². The molecule has 1 aromatic carbocycles. The fraction of sp³-hybridized carbons (Fsp3) is 0.500. The summed E-state index contributed by atoms with van der Waals surface area (Å²) in [7, 11) is 0. The maximum atomic E-state index is 13.3. The van der Waals surface area contributed by atoms with Gasteiger partial charge in [0.05, 0.1) is 13.2 Å². The molecule has 0 unspecified atom stereocenters. The summed E-state index contributed by atoms with van der Waals surface area (Å²) in [6.45, 7) is 3.30. The number of Topliss-reactive ketones (excluding diaryl/α,β-unsaturated/α-hetero) is 1. The lowest BCUT2D eigenvalue weighted by molar-refractivity contribution is -0.138. The number of carbonyl (C=O) groups excluding carboxylic acids is 3. The van der Waals surface area contributed by atoms with E-state index in [4.69, 9.17) is 13.9 Å². The highest BCUT2D eigenvalue weighted by Gasteiger charge is 2.27. The predicted octanol–water partition coefficient (Wildman–Crippen LogP) is 2.29. The lowest BCUT2D eigenvalue weighted by Gasteiger charge is -2.26. The Kier molecular flexibility index (Phi) is 7.34. The van der Waals surface area contributed by atoms with Crippen LogP contribution in [0, 0.1) is 5.82 Å². The van der Waals surface area contributed by atoms with Crippen LogP contribution < -0.4 is 5.32 Å². The molecule has 1 fully saturated rings. The second-order valence-corrected chi connectivity index (χ2v) is 6.90. The number of fused-ring (bicyclic) bond motifs is 1. The molecular formula is C20H24FN3O6. The van der Waals surface area contributed by atoms with Gasteiger partial charge >= 0.3 is 6.09 Å². The first-order valence-corrected chi connectivity index (χ1v) is 9.87. The van der Waals surface area contributed by atoms with Crippen molar-refractivity contribution in [3.8, 4) is 0 Å². The SMILES string of the molecule is CCCC[C@H](NC(=O)OCC(=O)N1CCOCC1)C(=O)c1nc2ccc(F)cc2o1. The summed E-state index contributed by atoms with van der Waals surface area (Å²) >= 11 is 0. The number of carbonyl (C=O) groups is 3. The highest BCUT2D eigenvalue weighted by molar-refractivity contribution is 5.99. The molecule has 0 spiro atoms. The Morgan fingerprint density at radius 3 is 2.80 bits per heavy atom. The van der Waals surface area contributed by atoms with Crippen LogP contribution in [-0.2, 0) is 14.3 Å². The van der Waals surface area contributed by atoms with Gasteiger partial charge in [-0.05, 0) is 18.6 Å². The average Bonchev–Trinajstić information content (AvgIpc) is 3.18. The predicted molar refractivity (Wildman–Crippen MR) is 103 cm³/mol. The van der Waals surface area contributed by atoms with E-state index in [0.717, 1.165) is 12.5 Å². The summed E-state index contributed by atoms with van der Waals surface area (Å²) in [5.74, 6) is -1.60. The smallest absolute Gasteiger partial charge is 0.408 e. The van der Waals surface area contributed by atoms with Crippen molar-refractivity contribution in [1.29, 1.82) is 0 Å². The molecule has 10 heteroatoms.